The van der Waals surface area contributed by atoms with Gasteiger partial charge in [-0.15, -0.1) is 0 Å². The molecule has 0 atom stereocenters. The first-order valence-corrected chi connectivity index (χ1v) is 6.27. The molecule has 1 aromatic heterocycles. The van der Waals surface area contributed by atoms with Gasteiger partial charge in [0.25, 0.3) is 5.56 Å². The Morgan fingerprint density at radius 1 is 1.38 bits per heavy atom. The number of hydrogen-bond acceptors (Lipinski definition) is 3. The van der Waals surface area contributed by atoms with E-state index in [0.29, 0.717) is 0 Å². The second kappa shape index (κ2) is 3.43. The van der Waals surface area contributed by atoms with Crippen molar-refractivity contribution in [3.8, 4) is 0 Å². The van der Waals surface area contributed by atoms with E-state index in [1.165, 1.54) is 11.5 Å². The van der Waals surface area contributed by atoms with E-state index in [-0.39, 0.29) is 17.7 Å². The first kappa shape index (κ1) is 10.1. The highest BCUT2D eigenvalue weighted by molar-refractivity contribution is 7.13. The van der Waals surface area contributed by atoms with Gasteiger partial charge in [-0.2, -0.15) is 0 Å². The maximum Gasteiger partial charge on any atom is 0.269 e. The maximum absolute atomic E-state index is 12.2. The summed E-state index contributed by atoms with van der Waals surface area (Å²) in [6, 6.07) is 7.64. The molecule has 0 unspecified atom stereocenters. The second-order valence-electron chi connectivity index (χ2n) is 4.42. The van der Waals surface area contributed by atoms with E-state index < -0.39 is 0 Å². The standard InChI is InChI=1S/C12H13NO2S/c14-8-12(6-3-7-12)13-11(15)9-4-1-2-5-10(9)16-13/h1-2,4-5,14H,3,6-8H2. The molecule has 1 aromatic carbocycles. The molecule has 0 spiro atoms. The van der Waals surface area contributed by atoms with Crippen LogP contribution < -0.4 is 5.56 Å². The molecule has 0 aliphatic heterocycles. The van der Waals surface area contributed by atoms with E-state index in [1.54, 1.807) is 3.96 Å². The summed E-state index contributed by atoms with van der Waals surface area (Å²) in [7, 11) is 0. The van der Waals surface area contributed by atoms with Crippen molar-refractivity contribution in [3.05, 3.63) is 34.6 Å². The summed E-state index contributed by atoms with van der Waals surface area (Å²) in [6.45, 7) is 0.0692. The average molecular weight is 235 g/mol. The molecule has 1 N–H and O–H groups in total. The molecule has 0 saturated heterocycles. The highest BCUT2D eigenvalue weighted by Gasteiger charge is 2.40. The first-order valence-electron chi connectivity index (χ1n) is 5.49. The number of benzene rings is 1. The average Bonchev–Trinajstić information content (AvgIpc) is 2.57. The third-order valence-corrected chi connectivity index (χ3v) is 4.79. The summed E-state index contributed by atoms with van der Waals surface area (Å²) in [6.07, 6.45) is 2.92. The minimum Gasteiger partial charge on any atom is -0.394 e. The molecule has 1 heterocycles. The zero-order chi connectivity index (χ0) is 11.2. The highest BCUT2D eigenvalue weighted by Crippen LogP contribution is 2.40. The summed E-state index contributed by atoms with van der Waals surface area (Å²) in [5.74, 6) is 0. The van der Waals surface area contributed by atoms with Crippen molar-refractivity contribution in [1.29, 1.82) is 0 Å². The largest absolute Gasteiger partial charge is 0.394 e. The highest BCUT2D eigenvalue weighted by atomic mass is 32.1. The Bertz CT molecular complexity index is 574. The van der Waals surface area contributed by atoms with Gasteiger partial charge in [0.1, 0.15) is 0 Å². The first-order chi connectivity index (χ1) is 7.77. The molecular weight excluding hydrogens is 222 g/mol. The Morgan fingerprint density at radius 3 is 2.69 bits per heavy atom. The molecule has 1 saturated carbocycles. The van der Waals surface area contributed by atoms with Crippen LogP contribution in [-0.2, 0) is 5.54 Å². The minimum atomic E-state index is -0.305. The zero-order valence-corrected chi connectivity index (χ0v) is 9.67. The van der Waals surface area contributed by atoms with E-state index in [1.807, 2.05) is 24.3 Å². The van der Waals surface area contributed by atoms with Gasteiger partial charge in [0.15, 0.2) is 0 Å². The van der Waals surface area contributed by atoms with Gasteiger partial charge < -0.3 is 5.11 Å². The molecule has 1 fully saturated rings. The van der Waals surface area contributed by atoms with Crippen LogP contribution in [-0.4, -0.2) is 15.7 Å². The Labute approximate surface area is 97.1 Å². The van der Waals surface area contributed by atoms with Crippen LogP contribution in [0.5, 0.6) is 0 Å². The van der Waals surface area contributed by atoms with Gasteiger partial charge in [-0.25, -0.2) is 0 Å². The van der Waals surface area contributed by atoms with Crippen LogP contribution >= 0.6 is 11.5 Å². The Hall–Kier alpha value is -1.13. The van der Waals surface area contributed by atoms with Gasteiger partial charge in [0.05, 0.1) is 22.2 Å². The van der Waals surface area contributed by atoms with Gasteiger partial charge in [0, 0.05) is 0 Å². The van der Waals surface area contributed by atoms with Crippen LogP contribution in [0.2, 0.25) is 0 Å². The smallest absolute Gasteiger partial charge is 0.269 e. The van der Waals surface area contributed by atoms with Crippen LogP contribution in [0.4, 0.5) is 0 Å². The van der Waals surface area contributed by atoms with E-state index in [0.717, 1.165) is 29.3 Å². The quantitative estimate of drug-likeness (QED) is 0.864. The molecule has 4 heteroatoms. The Kier molecular flexibility index (Phi) is 2.16. The molecule has 3 nitrogen and oxygen atoms in total. The van der Waals surface area contributed by atoms with Crippen LogP contribution in [0, 0.1) is 0 Å². The van der Waals surface area contributed by atoms with Crippen molar-refractivity contribution in [2.24, 2.45) is 0 Å². The van der Waals surface area contributed by atoms with Crippen molar-refractivity contribution in [1.82, 2.24) is 3.96 Å². The van der Waals surface area contributed by atoms with E-state index in [4.69, 9.17) is 0 Å². The molecular formula is C12H13NO2S. The summed E-state index contributed by atoms with van der Waals surface area (Å²) in [5, 5.41) is 10.3. The van der Waals surface area contributed by atoms with Crippen molar-refractivity contribution >= 4 is 21.6 Å². The Balaban J connectivity index is 2.24. The van der Waals surface area contributed by atoms with Crippen LogP contribution in [0.3, 0.4) is 0 Å². The fraction of sp³-hybridized carbons (Fsp3) is 0.417. The van der Waals surface area contributed by atoms with Crippen LogP contribution in [0.1, 0.15) is 19.3 Å². The molecule has 2 aromatic rings. The normalized spacial score (nSPS) is 18.6. The molecule has 1 aliphatic rings. The van der Waals surface area contributed by atoms with Crippen molar-refractivity contribution in [2.75, 3.05) is 6.61 Å². The van der Waals surface area contributed by atoms with E-state index in [9.17, 15) is 9.90 Å². The number of nitrogens with zero attached hydrogens (tertiary/aromatic N) is 1. The van der Waals surface area contributed by atoms with Gasteiger partial charge >= 0.3 is 0 Å². The van der Waals surface area contributed by atoms with Gasteiger partial charge in [-0.1, -0.05) is 23.7 Å². The zero-order valence-electron chi connectivity index (χ0n) is 8.85. The summed E-state index contributed by atoms with van der Waals surface area (Å²) in [4.78, 5) is 12.2. The third kappa shape index (κ3) is 1.20. The molecule has 16 heavy (non-hydrogen) atoms. The number of aliphatic hydroxyl groups is 1. The molecule has 3 rings (SSSR count). The van der Waals surface area contributed by atoms with E-state index >= 15 is 0 Å². The number of aliphatic hydroxyl groups excluding tert-OH is 1. The third-order valence-electron chi connectivity index (χ3n) is 3.50. The van der Waals surface area contributed by atoms with Gasteiger partial charge in [0.2, 0.25) is 0 Å². The van der Waals surface area contributed by atoms with Crippen molar-refractivity contribution in [3.63, 3.8) is 0 Å². The van der Waals surface area contributed by atoms with Crippen molar-refractivity contribution in [2.45, 2.75) is 24.8 Å². The van der Waals surface area contributed by atoms with Crippen LogP contribution in [0.25, 0.3) is 10.1 Å². The van der Waals surface area contributed by atoms with Crippen molar-refractivity contribution < 1.29 is 5.11 Å². The van der Waals surface area contributed by atoms with Gasteiger partial charge in [-0.05, 0) is 31.4 Å². The lowest BCUT2D eigenvalue weighted by atomic mass is 9.78. The summed E-state index contributed by atoms with van der Waals surface area (Å²) < 4.78 is 2.79. The topological polar surface area (TPSA) is 42.2 Å². The number of rotatable bonds is 2. The lowest BCUT2D eigenvalue weighted by molar-refractivity contribution is 0.0627. The fourth-order valence-electron chi connectivity index (χ4n) is 2.29. The Morgan fingerprint density at radius 2 is 2.12 bits per heavy atom. The molecule has 0 radical (unpaired) electrons. The van der Waals surface area contributed by atoms with E-state index in [2.05, 4.69) is 0 Å². The number of hydrogen-bond donors (Lipinski definition) is 1. The SMILES string of the molecule is O=c1c2ccccc2sn1C1(CO)CCC1. The molecule has 0 amide bonds. The van der Waals surface area contributed by atoms with Crippen LogP contribution in [0.15, 0.2) is 29.1 Å². The predicted octanol–water partition coefficient (Wildman–Crippen LogP) is 1.93. The number of fused-ring (bicyclic) bond motifs is 1. The minimum absolute atomic E-state index is 0.0503. The lowest BCUT2D eigenvalue weighted by Gasteiger charge is -2.40. The molecule has 84 valence electrons. The molecule has 1 aliphatic carbocycles. The van der Waals surface area contributed by atoms with Gasteiger partial charge in [-0.3, -0.25) is 8.75 Å². The fourth-order valence-corrected chi connectivity index (χ4v) is 3.50. The molecule has 0 bridgehead atoms. The number of aromatic nitrogens is 1. The maximum atomic E-state index is 12.2. The second-order valence-corrected chi connectivity index (χ2v) is 5.41. The monoisotopic (exact) mass is 235 g/mol. The lowest BCUT2D eigenvalue weighted by Crippen LogP contribution is -2.47. The summed E-state index contributed by atoms with van der Waals surface area (Å²) >= 11 is 1.48. The summed E-state index contributed by atoms with van der Waals surface area (Å²) in [5.41, 5.74) is -0.254. The predicted molar refractivity (Wildman–Crippen MR) is 65.0 cm³/mol.